The van der Waals surface area contributed by atoms with Gasteiger partial charge in [0.2, 0.25) is 0 Å². The third kappa shape index (κ3) is 6.36. The van der Waals surface area contributed by atoms with Crippen molar-refractivity contribution in [3.63, 3.8) is 0 Å². The van der Waals surface area contributed by atoms with Gasteiger partial charge in [0.05, 0.1) is 17.6 Å². The van der Waals surface area contributed by atoms with E-state index in [0.29, 0.717) is 12.0 Å². The molecule has 0 aliphatic heterocycles. The van der Waals surface area contributed by atoms with Crippen molar-refractivity contribution in [3.05, 3.63) is 54.1 Å². The Morgan fingerprint density at radius 1 is 1.06 bits per heavy atom. The average molecular weight is 434 g/mol. The maximum Gasteiger partial charge on any atom is 0.119 e. The molecular weight excluding hydrogens is 394 g/mol. The van der Waals surface area contributed by atoms with Gasteiger partial charge in [0.15, 0.2) is 0 Å². The highest BCUT2D eigenvalue weighted by Gasteiger charge is 2.36. The fraction of sp³-hybridized carbons (Fsp3) is 0.552. The van der Waals surface area contributed by atoms with E-state index in [1.165, 1.54) is 16.7 Å². The topological polar surface area (TPSA) is 53.2 Å². The van der Waals surface area contributed by atoms with Crippen molar-refractivity contribution in [2.24, 2.45) is 5.41 Å². The van der Waals surface area contributed by atoms with Gasteiger partial charge >= 0.3 is 0 Å². The molecule has 0 radical (unpaired) electrons. The molecule has 3 heteroatoms. The molecule has 0 spiro atoms. The van der Waals surface area contributed by atoms with Crippen LogP contribution in [0.1, 0.15) is 89.5 Å². The van der Waals surface area contributed by atoms with Crippen LogP contribution >= 0.6 is 0 Å². The van der Waals surface area contributed by atoms with Gasteiger partial charge in [-0.1, -0.05) is 63.1 Å². The molecule has 1 saturated carbocycles. The SMILES string of the molecule is CCCC(CC)Oc1ccc(-c2ccc(C3CCCC(C#N)(CCCCO)C3)cc2)cc1. The number of nitriles is 1. The zero-order valence-electron chi connectivity index (χ0n) is 19.9. The van der Waals surface area contributed by atoms with E-state index in [0.717, 1.165) is 70.0 Å². The van der Waals surface area contributed by atoms with Crippen LogP contribution in [0.25, 0.3) is 11.1 Å². The highest BCUT2D eigenvalue weighted by Crippen LogP contribution is 2.46. The second kappa shape index (κ2) is 12.1. The van der Waals surface area contributed by atoms with Gasteiger partial charge < -0.3 is 9.84 Å². The molecule has 0 heterocycles. The predicted octanol–water partition coefficient (Wildman–Crippen LogP) is 7.64. The first kappa shape index (κ1) is 24.3. The number of nitrogens with zero attached hydrogens (tertiary/aromatic N) is 1. The first-order chi connectivity index (χ1) is 15.6. The van der Waals surface area contributed by atoms with Crippen LogP contribution in [0.4, 0.5) is 0 Å². The summed E-state index contributed by atoms with van der Waals surface area (Å²) >= 11 is 0. The lowest BCUT2D eigenvalue weighted by atomic mass is 9.66. The smallest absolute Gasteiger partial charge is 0.119 e. The third-order valence-electron chi connectivity index (χ3n) is 7.08. The lowest BCUT2D eigenvalue weighted by Gasteiger charge is -2.36. The van der Waals surface area contributed by atoms with E-state index in [9.17, 15) is 5.26 Å². The van der Waals surface area contributed by atoms with Crippen molar-refractivity contribution in [3.8, 4) is 22.9 Å². The molecule has 0 aromatic heterocycles. The molecule has 32 heavy (non-hydrogen) atoms. The van der Waals surface area contributed by atoms with Gasteiger partial charge in [-0.15, -0.1) is 0 Å². The van der Waals surface area contributed by atoms with Gasteiger partial charge in [-0.05, 0) is 86.1 Å². The lowest BCUT2D eigenvalue weighted by Crippen LogP contribution is -2.26. The molecule has 1 aliphatic rings. The summed E-state index contributed by atoms with van der Waals surface area (Å²) in [5.41, 5.74) is 3.54. The molecule has 0 amide bonds. The largest absolute Gasteiger partial charge is 0.490 e. The molecule has 3 atom stereocenters. The van der Waals surface area contributed by atoms with Gasteiger partial charge in [-0.3, -0.25) is 0 Å². The lowest BCUT2D eigenvalue weighted by molar-refractivity contribution is 0.186. The Morgan fingerprint density at radius 2 is 1.75 bits per heavy atom. The van der Waals surface area contributed by atoms with Crippen LogP contribution in [0.15, 0.2) is 48.5 Å². The molecule has 3 unspecified atom stereocenters. The molecule has 1 N–H and O–H groups in total. The van der Waals surface area contributed by atoms with E-state index in [2.05, 4.69) is 68.4 Å². The summed E-state index contributed by atoms with van der Waals surface area (Å²) < 4.78 is 6.12. The first-order valence-electron chi connectivity index (χ1n) is 12.5. The third-order valence-corrected chi connectivity index (χ3v) is 7.08. The normalized spacial score (nSPS) is 21.6. The minimum Gasteiger partial charge on any atom is -0.490 e. The van der Waals surface area contributed by atoms with Gasteiger partial charge in [0.25, 0.3) is 0 Å². The predicted molar refractivity (Wildman–Crippen MR) is 132 cm³/mol. The van der Waals surface area contributed by atoms with Crippen molar-refractivity contribution in [1.29, 1.82) is 5.26 Å². The summed E-state index contributed by atoms with van der Waals surface area (Å²) in [6, 6.07) is 20.0. The van der Waals surface area contributed by atoms with E-state index >= 15 is 0 Å². The van der Waals surface area contributed by atoms with Gasteiger partial charge in [-0.2, -0.15) is 5.26 Å². The summed E-state index contributed by atoms with van der Waals surface area (Å²) in [4.78, 5) is 0. The highest BCUT2D eigenvalue weighted by atomic mass is 16.5. The quantitative estimate of drug-likeness (QED) is 0.370. The fourth-order valence-corrected chi connectivity index (χ4v) is 5.14. The van der Waals surface area contributed by atoms with Crippen LogP contribution in [0.3, 0.4) is 0 Å². The number of unbranched alkanes of at least 4 members (excludes halogenated alkanes) is 1. The van der Waals surface area contributed by atoms with Gasteiger partial charge in [0, 0.05) is 6.61 Å². The Kier molecular flexibility index (Phi) is 9.18. The summed E-state index contributed by atoms with van der Waals surface area (Å²) in [7, 11) is 0. The standard InChI is InChI=1S/C29H39NO2/c1-3-8-27(4-2)32-28-16-14-24(15-17-28)23-10-12-25(13-11-23)26-9-7-19-29(21-26,22-30)18-5-6-20-31/h10-17,26-27,31H,3-9,18-21H2,1-2H3. The zero-order valence-corrected chi connectivity index (χ0v) is 19.9. The number of ether oxygens (including phenoxy) is 1. The number of hydrogen-bond acceptors (Lipinski definition) is 3. The van der Waals surface area contributed by atoms with Crippen molar-refractivity contribution in [2.75, 3.05) is 6.61 Å². The van der Waals surface area contributed by atoms with E-state index in [4.69, 9.17) is 9.84 Å². The molecule has 3 nitrogen and oxygen atoms in total. The van der Waals surface area contributed by atoms with Crippen molar-refractivity contribution >= 4 is 0 Å². The number of aliphatic hydroxyl groups excluding tert-OH is 1. The first-order valence-corrected chi connectivity index (χ1v) is 12.5. The Bertz CT molecular complexity index is 852. The minimum atomic E-state index is -0.222. The number of aliphatic hydroxyl groups is 1. The van der Waals surface area contributed by atoms with Crippen molar-refractivity contribution in [2.45, 2.75) is 90.1 Å². The van der Waals surface area contributed by atoms with Gasteiger partial charge in [-0.25, -0.2) is 0 Å². The number of hydrogen-bond donors (Lipinski definition) is 1. The van der Waals surface area contributed by atoms with Crippen molar-refractivity contribution < 1.29 is 9.84 Å². The van der Waals surface area contributed by atoms with E-state index in [-0.39, 0.29) is 12.0 Å². The molecule has 2 aromatic carbocycles. The van der Waals surface area contributed by atoms with E-state index in [1.54, 1.807) is 0 Å². The monoisotopic (exact) mass is 433 g/mol. The molecule has 1 aliphatic carbocycles. The van der Waals surface area contributed by atoms with E-state index < -0.39 is 0 Å². The molecule has 0 saturated heterocycles. The number of rotatable bonds is 11. The summed E-state index contributed by atoms with van der Waals surface area (Å²) in [6.07, 6.45) is 10.4. The second-order valence-electron chi connectivity index (χ2n) is 9.45. The highest BCUT2D eigenvalue weighted by molar-refractivity contribution is 5.64. The molecular formula is C29H39NO2. The fourth-order valence-electron chi connectivity index (χ4n) is 5.14. The minimum absolute atomic E-state index is 0.220. The van der Waals surface area contributed by atoms with Crippen LogP contribution in [0.2, 0.25) is 0 Å². The Balaban J connectivity index is 1.65. The molecule has 0 bridgehead atoms. The van der Waals surface area contributed by atoms with Crippen molar-refractivity contribution in [1.82, 2.24) is 0 Å². The maximum absolute atomic E-state index is 9.90. The molecule has 1 fully saturated rings. The van der Waals surface area contributed by atoms with Crippen LogP contribution in [0.5, 0.6) is 5.75 Å². The summed E-state index contributed by atoms with van der Waals surface area (Å²) in [5.74, 6) is 1.40. The Morgan fingerprint density at radius 3 is 2.34 bits per heavy atom. The molecule has 172 valence electrons. The maximum atomic E-state index is 9.90. The summed E-state index contributed by atoms with van der Waals surface area (Å²) in [5, 5.41) is 19.0. The Labute approximate surface area is 194 Å². The van der Waals surface area contributed by atoms with Gasteiger partial charge in [0.1, 0.15) is 5.75 Å². The summed E-state index contributed by atoms with van der Waals surface area (Å²) in [6.45, 7) is 4.60. The van der Waals surface area contributed by atoms with E-state index in [1.807, 2.05) is 0 Å². The van der Waals surface area contributed by atoms with Crippen LogP contribution in [0, 0.1) is 16.7 Å². The van der Waals surface area contributed by atoms with Crippen LogP contribution < -0.4 is 4.74 Å². The average Bonchev–Trinajstić information content (AvgIpc) is 2.84. The number of benzene rings is 2. The second-order valence-corrected chi connectivity index (χ2v) is 9.45. The molecule has 3 rings (SSSR count). The Hall–Kier alpha value is -2.31. The molecule has 2 aromatic rings. The zero-order chi connectivity index (χ0) is 22.8. The van der Waals surface area contributed by atoms with Crippen LogP contribution in [-0.2, 0) is 0 Å². The van der Waals surface area contributed by atoms with Crippen LogP contribution in [-0.4, -0.2) is 17.8 Å².